The molecule has 0 unspecified atom stereocenters. The minimum absolute atomic E-state index is 0.107. The van der Waals surface area contributed by atoms with Crippen LogP contribution in [0.2, 0.25) is 0 Å². The van der Waals surface area contributed by atoms with Crippen molar-refractivity contribution in [3.05, 3.63) is 30.2 Å². The molecule has 1 aromatic carbocycles. The summed E-state index contributed by atoms with van der Waals surface area (Å²) >= 11 is 0. The molecule has 2 amide bonds. The molecular weight excluding hydrogens is 306 g/mol. The molecular formula is C18H21N3O3. The molecule has 0 N–H and O–H groups in total. The summed E-state index contributed by atoms with van der Waals surface area (Å²) in [5, 5.41) is 0. The van der Waals surface area contributed by atoms with Gasteiger partial charge in [0.05, 0.1) is 0 Å². The number of hydrogen-bond donors (Lipinski definition) is 0. The summed E-state index contributed by atoms with van der Waals surface area (Å²) in [6.45, 7) is 2.57. The molecule has 1 aliphatic carbocycles. The molecule has 1 saturated heterocycles. The summed E-state index contributed by atoms with van der Waals surface area (Å²) in [7, 11) is 0. The molecule has 0 atom stereocenters. The second-order valence-corrected chi connectivity index (χ2v) is 6.56. The van der Waals surface area contributed by atoms with Crippen molar-refractivity contribution in [3.8, 4) is 0 Å². The van der Waals surface area contributed by atoms with Crippen molar-refractivity contribution in [2.24, 2.45) is 5.92 Å². The number of aryl methyl sites for hydroxylation is 1. The van der Waals surface area contributed by atoms with Crippen molar-refractivity contribution in [1.29, 1.82) is 0 Å². The third-order valence-corrected chi connectivity index (χ3v) is 4.76. The van der Waals surface area contributed by atoms with E-state index in [9.17, 15) is 9.59 Å². The van der Waals surface area contributed by atoms with E-state index in [2.05, 4.69) is 4.98 Å². The van der Waals surface area contributed by atoms with Gasteiger partial charge in [0.15, 0.2) is 11.5 Å². The van der Waals surface area contributed by atoms with Gasteiger partial charge in [-0.25, -0.2) is 4.98 Å². The van der Waals surface area contributed by atoms with E-state index < -0.39 is 0 Å². The van der Waals surface area contributed by atoms with Gasteiger partial charge in [0.25, 0.3) is 0 Å². The number of amides is 2. The Balaban J connectivity index is 1.28. The van der Waals surface area contributed by atoms with E-state index in [4.69, 9.17) is 4.42 Å². The number of carbonyl (C=O) groups excluding carboxylic acids is 2. The number of para-hydroxylation sites is 2. The van der Waals surface area contributed by atoms with Gasteiger partial charge in [-0.15, -0.1) is 0 Å². The first-order valence-electron chi connectivity index (χ1n) is 8.62. The van der Waals surface area contributed by atoms with Crippen LogP contribution >= 0.6 is 0 Å². The third-order valence-electron chi connectivity index (χ3n) is 4.76. The molecule has 4 rings (SSSR count). The van der Waals surface area contributed by atoms with Crippen LogP contribution in [0.4, 0.5) is 0 Å². The molecule has 0 radical (unpaired) electrons. The molecule has 1 aliphatic heterocycles. The van der Waals surface area contributed by atoms with Crippen LogP contribution in [0.5, 0.6) is 0 Å². The highest BCUT2D eigenvalue weighted by atomic mass is 16.3. The van der Waals surface area contributed by atoms with Gasteiger partial charge in [0.1, 0.15) is 5.52 Å². The summed E-state index contributed by atoms with van der Waals surface area (Å²) in [6.07, 6.45) is 2.96. The predicted octanol–water partition coefficient (Wildman–Crippen LogP) is 1.84. The first-order chi connectivity index (χ1) is 11.7. The summed E-state index contributed by atoms with van der Waals surface area (Å²) in [6, 6.07) is 7.61. The number of hydrogen-bond acceptors (Lipinski definition) is 4. The number of rotatable bonds is 4. The van der Waals surface area contributed by atoms with Gasteiger partial charge in [-0.1, -0.05) is 12.1 Å². The number of fused-ring (bicyclic) bond motifs is 1. The van der Waals surface area contributed by atoms with E-state index in [-0.39, 0.29) is 17.7 Å². The fraction of sp³-hybridized carbons (Fsp3) is 0.500. The van der Waals surface area contributed by atoms with E-state index in [0.717, 1.165) is 23.9 Å². The zero-order valence-electron chi connectivity index (χ0n) is 13.6. The van der Waals surface area contributed by atoms with Gasteiger partial charge in [-0.2, -0.15) is 0 Å². The molecule has 2 aliphatic rings. The Kier molecular flexibility index (Phi) is 3.96. The lowest BCUT2D eigenvalue weighted by Gasteiger charge is -2.35. The van der Waals surface area contributed by atoms with Gasteiger partial charge in [-0.05, 0) is 25.0 Å². The first kappa shape index (κ1) is 15.2. The highest BCUT2D eigenvalue weighted by Crippen LogP contribution is 2.31. The minimum atomic E-state index is 0.107. The van der Waals surface area contributed by atoms with E-state index >= 15 is 0 Å². The highest BCUT2D eigenvalue weighted by Gasteiger charge is 2.35. The molecule has 6 nitrogen and oxygen atoms in total. The molecule has 0 bridgehead atoms. The van der Waals surface area contributed by atoms with Crippen molar-refractivity contribution in [2.45, 2.75) is 25.7 Å². The Labute approximate surface area is 140 Å². The molecule has 0 spiro atoms. The van der Waals surface area contributed by atoms with Crippen molar-refractivity contribution in [3.63, 3.8) is 0 Å². The third kappa shape index (κ3) is 3.13. The SMILES string of the molecule is O=C(CCc1nc2ccccc2o1)N1CCN(C(=O)C2CC2)CC1. The van der Waals surface area contributed by atoms with Crippen molar-refractivity contribution < 1.29 is 14.0 Å². The second-order valence-electron chi connectivity index (χ2n) is 6.56. The Bertz CT molecular complexity index is 725. The lowest BCUT2D eigenvalue weighted by Crippen LogP contribution is -2.51. The zero-order valence-corrected chi connectivity index (χ0v) is 13.6. The maximum atomic E-state index is 12.4. The van der Waals surface area contributed by atoms with E-state index in [1.807, 2.05) is 34.1 Å². The van der Waals surface area contributed by atoms with E-state index in [1.54, 1.807) is 0 Å². The second kappa shape index (κ2) is 6.26. The van der Waals surface area contributed by atoms with Crippen molar-refractivity contribution in [2.75, 3.05) is 26.2 Å². The average molecular weight is 327 g/mol. The van der Waals surface area contributed by atoms with Crippen molar-refractivity contribution in [1.82, 2.24) is 14.8 Å². The Morgan fingerprint density at radius 1 is 1.08 bits per heavy atom. The molecule has 24 heavy (non-hydrogen) atoms. The summed E-state index contributed by atoms with van der Waals surface area (Å²) in [5.41, 5.74) is 1.58. The minimum Gasteiger partial charge on any atom is -0.441 e. The molecule has 6 heteroatoms. The van der Waals surface area contributed by atoms with Gasteiger partial charge in [0.2, 0.25) is 11.8 Å². The van der Waals surface area contributed by atoms with Crippen LogP contribution < -0.4 is 0 Å². The highest BCUT2D eigenvalue weighted by molar-refractivity contribution is 5.82. The van der Waals surface area contributed by atoms with Gasteiger partial charge >= 0.3 is 0 Å². The van der Waals surface area contributed by atoms with Crippen molar-refractivity contribution >= 4 is 22.9 Å². The molecule has 2 fully saturated rings. The summed E-state index contributed by atoms with van der Waals surface area (Å²) in [4.78, 5) is 32.5. The summed E-state index contributed by atoms with van der Waals surface area (Å²) < 4.78 is 5.65. The Morgan fingerprint density at radius 3 is 2.50 bits per heavy atom. The Morgan fingerprint density at radius 2 is 1.79 bits per heavy atom. The van der Waals surface area contributed by atoms with Crippen LogP contribution in [0.25, 0.3) is 11.1 Å². The lowest BCUT2D eigenvalue weighted by molar-refractivity contribution is -0.140. The van der Waals surface area contributed by atoms with Crippen LogP contribution in [0.1, 0.15) is 25.2 Å². The largest absolute Gasteiger partial charge is 0.441 e. The topological polar surface area (TPSA) is 66.7 Å². The smallest absolute Gasteiger partial charge is 0.225 e. The quantitative estimate of drug-likeness (QED) is 0.859. The van der Waals surface area contributed by atoms with Gasteiger partial charge in [0, 0.05) is 44.9 Å². The predicted molar refractivity (Wildman–Crippen MR) is 88.2 cm³/mol. The van der Waals surface area contributed by atoms with Gasteiger partial charge < -0.3 is 14.2 Å². The van der Waals surface area contributed by atoms with Crippen LogP contribution in [0.3, 0.4) is 0 Å². The zero-order chi connectivity index (χ0) is 16.5. The normalized spacial score (nSPS) is 18.2. The number of nitrogens with zero attached hydrogens (tertiary/aromatic N) is 3. The average Bonchev–Trinajstić information content (AvgIpc) is 3.38. The summed E-state index contributed by atoms with van der Waals surface area (Å²) in [5.74, 6) is 1.24. The van der Waals surface area contributed by atoms with E-state index in [0.29, 0.717) is 44.9 Å². The first-order valence-corrected chi connectivity index (χ1v) is 8.62. The van der Waals surface area contributed by atoms with Crippen LogP contribution in [-0.2, 0) is 16.0 Å². The number of aromatic nitrogens is 1. The fourth-order valence-electron chi connectivity index (χ4n) is 3.16. The monoisotopic (exact) mass is 327 g/mol. The lowest BCUT2D eigenvalue weighted by atomic mass is 10.2. The standard InChI is InChI=1S/C18H21N3O3/c22-17(8-7-16-19-14-3-1-2-4-15(14)24-16)20-9-11-21(12-10-20)18(23)13-5-6-13/h1-4,13H,5-12H2. The molecule has 2 aromatic rings. The maximum absolute atomic E-state index is 12.4. The van der Waals surface area contributed by atoms with Gasteiger partial charge in [-0.3, -0.25) is 9.59 Å². The molecule has 2 heterocycles. The number of benzene rings is 1. The number of carbonyl (C=O) groups is 2. The Hall–Kier alpha value is -2.37. The number of piperazine rings is 1. The molecule has 1 saturated carbocycles. The fourth-order valence-corrected chi connectivity index (χ4v) is 3.16. The van der Waals surface area contributed by atoms with Crippen LogP contribution in [0.15, 0.2) is 28.7 Å². The van der Waals surface area contributed by atoms with Crippen LogP contribution in [0, 0.1) is 5.92 Å². The number of oxazole rings is 1. The molecule has 1 aromatic heterocycles. The molecule has 126 valence electrons. The maximum Gasteiger partial charge on any atom is 0.225 e. The van der Waals surface area contributed by atoms with Crippen LogP contribution in [-0.4, -0.2) is 52.8 Å². The van der Waals surface area contributed by atoms with E-state index in [1.165, 1.54) is 0 Å².